The Balaban J connectivity index is 1.43. The standard InChI is InChI=1S/C29H28ClNO4S/c30-24-9-4-8-23(19-24)29(33)28(18-22-6-2-1-3-7-22)31-17-16-21-12-14-26(15-13-21)36(34,35)27-11-5-10-25(32)20-27/h1-15,19-20,28-29,31-33H,16-18H2. The van der Waals surface area contributed by atoms with Crippen LogP contribution in [0.15, 0.2) is 113 Å². The van der Waals surface area contributed by atoms with Crippen LogP contribution in [0.4, 0.5) is 0 Å². The van der Waals surface area contributed by atoms with Crippen molar-refractivity contribution in [3.8, 4) is 5.75 Å². The van der Waals surface area contributed by atoms with Crippen LogP contribution < -0.4 is 5.32 Å². The molecule has 0 aliphatic heterocycles. The summed E-state index contributed by atoms with van der Waals surface area (Å²) in [6.07, 6.45) is 0.536. The number of phenolic OH excluding ortho intramolecular Hbond substituents is 1. The average molecular weight is 522 g/mol. The Morgan fingerprint density at radius 1 is 0.778 bits per heavy atom. The van der Waals surface area contributed by atoms with Crippen molar-refractivity contribution >= 4 is 21.4 Å². The molecule has 0 aromatic heterocycles. The summed E-state index contributed by atoms with van der Waals surface area (Å²) < 4.78 is 25.7. The zero-order chi connectivity index (χ0) is 25.5. The fourth-order valence-corrected chi connectivity index (χ4v) is 5.61. The van der Waals surface area contributed by atoms with Crippen LogP contribution in [0.1, 0.15) is 22.8 Å². The smallest absolute Gasteiger partial charge is 0.206 e. The predicted octanol–water partition coefficient (Wildman–Crippen LogP) is 5.36. The fourth-order valence-electron chi connectivity index (χ4n) is 4.11. The van der Waals surface area contributed by atoms with Crippen molar-refractivity contribution in [2.24, 2.45) is 0 Å². The fraction of sp³-hybridized carbons (Fsp3) is 0.172. The molecule has 0 fully saturated rings. The molecule has 186 valence electrons. The van der Waals surface area contributed by atoms with Crippen molar-refractivity contribution in [1.82, 2.24) is 5.32 Å². The highest BCUT2D eigenvalue weighted by molar-refractivity contribution is 7.91. The summed E-state index contributed by atoms with van der Waals surface area (Å²) in [5.41, 5.74) is 2.82. The van der Waals surface area contributed by atoms with Crippen LogP contribution in [-0.4, -0.2) is 31.2 Å². The molecule has 3 N–H and O–H groups in total. The van der Waals surface area contributed by atoms with E-state index in [1.54, 1.807) is 36.4 Å². The summed E-state index contributed by atoms with van der Waals surface area (Å²) in [5, 5.41) is 24.8. The molecule has 0 radical (unpaired) electrons. The number of phenols is 1. The maximum atomic E-state index is 12.8. The van der Waals surface area contributed by atoms with Gasteiger partial charge in [-0.3, -0.25) is 0 Å². The summed E-state index contributed by atoms with van der Waals surface area (Å²) in [7, 11) is -3.71. The Kier molecular flexibility index (Phi) is 8.44. The normalized spacial score (nSPS) is 13.3. The molecule has 7 heteroatoms. The number of hydrogen-bond acceptors (Lipinski definition) is 5. The summed E-state index contributed by atoms with van der Waals surface area (Å²) in [6.45, 7) is 0.591. The summed E-state index contributed by atoms with van der Waals surface area (Å²) in [4.78, 5) is 0.221. The van der Waals surface area contributed by atoms with Crippen LogP contribution >= 0.6 is 11.6 Å². The van der Waals surface area contributed by atoms with E-state index in [-0.39, 0.29) is 21.6 Å². The Morgan fingerprint density at radius 2 is 1.50 bits per heavy atom. The lowest BCUT2D eigenvalue weighted by atomic mass is 9.96. The van der Waals surface area contributed by atoms with Gasteiger partial charge in [0.25, 0.3) is 0 Å². The van der Waals surface area contributed by atoms with Gasteiger partial charge in [0.05, 0.1) is 15.9 Å². The van der Waals surface area contributed by atoms with Crippen LogP contribution in [-0.2, 0) is 22.7 Å². The van der Waals surface area contributed by atoms with E-state index >= 15 is 0 Å². The van der Waals surface area contributed by atoms with Gasteiger partial charge in [0.1, 0.15) is 5.75 Å². The molecule has 0 saturated carbocycles. The quantitative estimate of drug-likeness (QED) is 0.262. The third kappa shape index (κ3) is 6.53. The van der Waals surface area contributed by atoms with Crippen LogP contribution in [0.3, 0.4) is 0 Å². The number of aliphatic hydroxyl groups is 1. The lowest BCUT2D eigenvalue weighted by Gasteiger charge is -2.25. The highest BCUT2D eigenvalue weighted by Gasteiger charge is 2.22. The number of sulfone groups is 1. The minimum atomic E-state index is -3.71. The van der Waals surface area contributed by atoms with Crippen molar-refractivity contribution in [2.45, 2.75) is 34.8 Å². The van der Waals surface area contributed by atoms with Gasteiger partial charge in [-0.1, -0.05) is 72.3 Å². The van der Waals surface area contributed by atoms with Crippen molar-refractivity contribution in [1.29, 1.82) is 0 Å². The molecule has 0 heterocycles. The molecule has 0 aliphatic carbocycles. The van der Waals surface area contributed by atoms with Crippen molar-refractivity contribution in [3.05, 3.63) is 125 Å². The van der Waals surface area contributed by atoms with Gasteiger partial charge < -0.3 is 15.5 Å². The number of halogens is 1. The van der Waals surface area contributed by atoms with Gasteiger partial charge in [-0.25, -0.2) is 8.42 Å². The van der Waals surface area contributed by atoms with Gasteiger partial charge in [0.2, 0.25) is 9.84 Å². The van der Waals surface area contributed by atoms with Crippen LogP contribution in [0.5, 0.6) is 5.75 Å². The summed E-state index contributed by atoms with van der Waals surface area (Å²) in [6, 6.07) is 29.4. The molecule has 0 spiro atoms. The zero-order valence-electron chi connectivity index (χ0n) is 19.6. The molecule has 0 saturated heterocycles. The highest BCUT2D eigenvalue weighted by Crippen LogP contribution is 2.25. The van der Waals surface area contributed by atoms with E-state index in [0.717, 1.165) is 16.7 Å². The molecule has 4 aromatic rings. The third-order valence-electron chi connectivity index (χ3n) is 6.05. The Morgan fingerprint density at radius 3 is 2.19 bits per heavy atom. The van der Waals surface area contributed by atoms with Gasteiger partial charge in [-0.2, -0.15) is 0 Å². The second-order valence-corrected chi connectivity index (χ2v) is 11.0. The first-order valence-corrected chi connectivity index (χ1v) is 13.5. The SMILES string of the molecule is O=S(=O)(c1ccc(CCNC(Cc2ccccc2)C(O)c2cccc(Cl)c2)cc1)c1cccc(O)c1. The number of aromatic hydroxyl groups is 1. The first kappa shape index (κ1) is 25.9. The Hall–Kier alpha value is -3.16. The van der Waals surface area contributed by atoms with E-state index in [9.17, 15) is 18.6 Å². The second-order valence-electron chi connectivity index (χ2n) is 8.64. The molecule has 0 bridgehead atoms. The molecule has 4 rings (SSSR count). The van der Waals surface area contributed by atoms with E-state index in [1.165, 1.54) is 24.3 Å². The highest BCUT2D eigenvalue weighted by atomic mass is 35.5. The number of aliphatic hydroxyl groups excluding tert-OH is 1. The monoisotopic (exact) mass is 521 g/mol. The molecule has 4 aromatic carbocycles. The van der Waals surface area contributed by atoms with Crippen molar-refractivity contribution < 1.29 is 18.6 Å². The molecule has 5 nitrogen and oxygen atoms in total. The van der Waals surface area contributed by atoms with E-state index in [1.807, 2.05) is 42.5 Å². The van der Waals surface area contributed by atoms with Crippen LogP contribution in [0.25, 0.3) is 0 Å². The summed E-state index contributed by atoms with van der Waals surface area (Å²) >= 11 is 6.14. The predicted molar refractivity (Wildman–Crippen MR) is 142 cm³/mol. The maximum Gasteiger partial charge on any atom is 0.206 e. The number of hydrogen-bond donors (Lipinski definition) is 3. The number of benzene rings is 4. The lowest BCUT2D eigenvalue weighted by molar-refractivity contribution is 0.128. The number of nitrogens with one attached hydrogen (secondary N) is 1. The lowest BCUT2D eigenvalue weighted by Crippen LogP contribution is -2.38. The maximum absolute atomic E-state index is 12.8. The van der Waals surface area contributed by atoms with E-state index < -0.39 is 15.9 Å². The molecule has 2 unspecified atom stereocenters. The molecule has 2 atom stereocenters. The van der Waals surface area contributed by atoms with Gasteiger partial charge in [-0.15, -0.1) is 0 Å². The number of rotatable bonds is 10. The Labute approximate surface area is 216 Å². The molecular weight excluding hydrogens is 494 g/mol. The van der Waals surface area contributed by atoms with Crippen LogP contribution in [0.2, 0.25) is 5.02 Å². The third-order valence-corrected chi connectivity index (χ3v) is 8.05. The van der Waals surface area contributed by atoms with Gasteiger partial charge in [-0.05, 0) is 78.5 Å². The van der Waals surface area contributed by atoms with Crippen molar-refractivity contribution in [3.63, 3.8) is 0 Å². The van der Waals surface area contributed by atoms with Gasteiger partial charge in [0, 0.05) is 11.1 Å². The largest absolute Gasteiger partial charge is 0.508 e. The van der Waals surface area contributed by atoms with Gasteiger partial charge in [0.15, 0.2) is 0 Å². The Bertz CT molecular complexity index is 1390. The summed E-state index contributed by atoms with van der Waals surface area (Å²) in [5.74, 6) is -0.0937. The minimum absolute atomic E-state index is 0.0515. The second kappa shape index (κ2) is 11.7. The first-order chi connectivity index (χ1) is 17.3. The van der Waals surface area contributed by atoms with E-state index in [2.05, 4.69) is 5.32 Å². The van der Waals surface area contributed by atoms with E-state index in [0.29, 0.717) is 24.4 Å². The molecular formula is C29H28ClNO4S. The van der Waals surface area contributed by atoms with Crippen molar-refractivity contribution in [2.75, 3.05) is 6.54 Å². The van der Waals surface area contributed by atoms with Gasteiger partial charge >= 0.3 is 0 Å². The molecule has 0 amide bonds. The van der Waals surface area contributed by atoms with Crippen LogP contribution in [0, 0.1) is 0 Å². The minimum Gasteiger partial charge on any atom is -0.508 e. The van der Waals surface area contributed by atoms with E-state index in [4.69, 9.17) is 11.6 Å². The first-order valence-electron chi connectivity index (χ1n) is 11.7. The molecule has 36 heavy (non-hydrogen) atoms. The zero-order valence-corrected chi connectivity index (χ0v) is 21.2. The molecule has 0 aliphatic rings. The topological polar surface area (TPSA) is 86.6 Å². The average Bonchev–Trinajstić information content (AvgIpc) is 2.88.